The summed E-state index contributed by atoms with van der Waals surface area (Å²) in [6.07, 6.45) is 1.83. The highest BCUT2D eigenvalue weighted by atomic mass is 16.5. The number of hydrogen-bond donors (Lipinski definition) is 1. The molecule has 3 aromatic carbocycles. The smallest absolute Gasteiger partial charge is 0.251 e. The Balaban J connectivity index is 1.52. The molecule has 0 saturated heterocycles. The molecule has 1 N–H and O–H groups in total. The second-order valence-corrected chi connectivity index (χ2v) is 8.44. The first-order valence-electron chi connectivity index (χ1n) is 10.9. The van der Waals surface area contributed by atoms with Crippen molar-refractivity contribution in [3.63, 3.8) is 0 Å². The van der Waals surface area contributed by atoms with Gasteiger partial charge in [0, 0.05) is 10.9 Å². The summed E-state index contributed by atoms with van der Waals surface area (Å²) >= 11 is 0. The number of nitrogens with zero attached hydrogens (tertiary/aromatic N) is 2. The molecule has 5 heteroatoms. The van der Waals surface area contributed by atoms with Gasteiger partial charge in [-0.3, -0.25) is 9.48 Å². The summed E-state index contributed by atoms with van der Waals surface area (Å²) < 4.78 is 7.23. The predicted octanol–water partition coefficient (Wildman–Crippen LogP) is 5.71. The molecule has 164 valence electrons. The first-order chi connectivity index (χ1) is 15.4. The second kappa shape index (κ2) is 9.27. The zero-order valence-electron chi connectivity index (χ0n) is 19.0. The lowest BCUT2D eigenvalue weighted by molar-refractivity contribution is 0.0940. The number of carbonyl (C=O) groups excluding carboxylic acids is 1. The normalized spacial score (nSPS) is 12.2. The van der Waals surface area contributed by atoms with Crippen molar-refractivity contribution in [1.29, 1.82) is 0 Å². The van der Waals surface area contributed by atoms with E-state index in [4.69, 9.17) is 4.74 Å². The van der Waals surface area contributed by atoms with Gasteiger partial charge >= 0.3 is 0 Å². The highest BCUT2D eigenvalue weighted by Crippen LogP contribution is 2.21. The van der Waals surface area contributed by atoms with Crippen molar-refractivity contribution < 1.29 is 9.53 Å². The quantitative estimate of drug-likeness (QED) is 0.411. The zero-order valence-corrected chi connectivity index (χ0v) is 19.0. The average Bonchev–Trinajstić information content (AvgIpc) is 3.21. The molecule has 1 unspecified atom stereocenters. The van der Waals surface area contributed by atoms with Crippen LogP contribution in [0.1, 0.15) is 59.8 Å². The highest BCUT2D eigenvalue weighted by Gasteiger charge is 2.14. The van der Waals surface area contributed by atoms with Gasteiger partial charge in [-0.2, -0.15) is 5.10 Å². The molecular weight excluding hydrogens is 398 g/mol. The SMILES string of the molecule is COc1cccc(Cn2ncc3ccc(C(=O)NC(C)c4ccc(C(C)C)cc4)cc32)c1. The maximum Gasteiger partial charge on any atom is 0.251 e. The Labute approximate surface area is 189 Å². The number of methoxy groups -OCH3 is 1. The van der Waals surface area contributed by atoms with Gasteiger partial charge in [0.25, 0.3) is 5.91 Å². The molecule has 4 aromatic rings. The topological polar surface area (TPSA) is 56.2 Å². The van der Waals surface area contributed by atoms with Crippen molar-refractivity contribution in [2.75, 3.05) is 7.11 Å². The molecular formula is C27H29N3O2. The van der Waals surface area contributed by atoms with E-state index in [9.17, 15) is 4.79 Å². The van der Waals surface area contributed by atoms with Gasteiger partial charge < -0.3 is 10.1 Å². The molecule has 0 aliphatic heterocycles. The van der Waals surface area contributed by atoms with E-state index in [0.29, 0.717) is 18.0 Å². The van der Waals surface area contributed by atoms with Crippen LogP contribution < -0.4 is 10.1 Å². The molecule has 0 aliphatic rings. The second-order valence-electron chi connectivity index (χ2n) is 8.44. The lowest BCUT2D eigenvalue weighted by Gasteiger charge is -2.16. The van der Waals surface area contributed by atoms with Crippen LogP contribution in [0.4, 0.5) is 0 Å². The molecule has 0 saturated carbocycles. The molecule has 1 amide bonds. The Kier molecular flexibility index (Phi) is 6.26. The van der Waals surface area contributed by atoms with Crippen LogP contribution >= 0.6 is 0 Å². The number of ether oxygens (including phenoxy) is 1. The van der Waals surface area contributed by atoms with Crippen LogP contribution in [-0.2, 0) is 6.54 Å². The van der Waals surface area contributed by atoms with Gasteiger partial charge in [0.2, 0.25) is 0 Å². The molecule has 1 heterocycles. The molecule has 0 aliphatic carbocycles. The third-order valence-corrected chi connectivity index (χ3v) is 5.82. The minimum Gasteiger partial charge on any atom is -0.497 e. The number of aromatic nitrogens is 2. The number of carbonyl (C=O) groups is 1. The average molecular weight is 428 g/mol. The van der Waals surface area contributed by atoms with E-state index in [2.05, 4.69) is 48.5 Å². The monoisotopic (exact) mass is 427 g/mol. The molecule has 0 fully saturated rings. The fourth-order valence-corrected chi connectivity index (χ4v) is 3.81. The lowest BCUT2D eigenvalue weighted by Crippen LogP contribution is -2.26. The van der Waals surface area contributed by atoms with E-state index in [-0.39, 0.29) is 11.9 Å². The zero-order chi connectivity index (χ0) is 22.7. The van der Waals surface area contributed by atoms with Crippen LogP contribution in [0.25, 0.3) is 10.9 Å². The summed E-state index contributed by atoms with van der Waals surface area (Å²) in [6.45, 7) is 6.96. The number of amides is 1. The van der Waals surface area contributed by atoms with Gasteiger partial charge in [-0.05, 0) is 53.8 Å². The summed E-state index contributed by atoms with van der Waals surface area (Å²) in [5.74, 6) is 1.21. The minimum atomic E-state index is -0.0959. The number of fused-ring (bicyclic) bond motifs is 1. The Bertz CT molecular complexity index is 1230. The lowest BCUT2D eigenvalue weighted by atomic mass is 9.99. The number of benzene rings is 3. The molecule has 5 nitrogen and oxygen atoms in total. The van der Waals surface area contributed by atoms with Crippen molar-refractivity contribution >= 4 is 16.8 Å². The van der Waals surface area contributed by atoms with Crippen molar-refractivity contribution in [2.45, 2.75) is 39.3 Å². The Morgan fingerprint density at radius 1 is 1.00 bits per heavy atom. The van der Waals surface area contributed by atoms with Crippen molar-refractivity contribution in [3.8, 4) is 5.75 Å². The number of nitrogens with one attached hydrogen (secondary N) is 1. The van der Waals surface area contributed by atoms with Gasteiger partial charge in [0.05, 0.1) is 31.4 Å². The van der Waals surface area contributed by atoms with Gasteiger partial charge in [-0.25, -0.2) is 0 Å². The van der Waals surface area contributed by atoms with Gasteiger partial charge in [-0.1, -0.05) is 56.3 Å². The molecule has 0 bridgehead atoms. The van der Waals surface area contributed by atoms with Crippen molar-refractivity contribution in [1.82, 2.24) is 15.1 Å². The van der Waals surface area contributed by atoms with E-state index < -0.39 is 0 Å². The number of rotatable bonds is 7. The summed E-state index contributed by atoms with van der Waals surface area (Å²) in [6, 6.07) is 22.0. The molecule has 0 spiro atoms. The molecule has 1 aromatic heterocycles. The van der Waals surface area contributed by atoms with Crippen LogP contribution in [0, 0.1) is 0 Å². The Morgan fingerprint density at radius 3 is 2.47 bits per heavy atom. The molecule has 32 heavy (non-hydrogen) atoms. The van der Waals surface area contributed by atoms with Gasteiger partial charge in [-0.15, -0.1) is 0 Å². The van der Waals surface area contributed by atoms with E-state index in [0.717, 1.165) is 27.8 Å². The van der Waals surface area contributed by atoms with E-state index in [1.165, 1.54) is 5.56 Å². The molecule has 1 atom stereocenters. The summed E-state index contributed by atoms with van der Waals surface area (Å²) in [4.78, 5) is 13.0. The first-order valence-corrected chi connectivity index (χ1v) is 10.9. The largest absolute Gasteiger partial charge is 0.497 e. The highest BCUT2D eigenvalue weighted by molar-refractivity contribution is 5.98. The Morgan fingerprint density at radius 2 is 1.75 bits per heavy atom. The minimum absolute atomic E-state index is 0.0823. The van der Waals surface area contributed by atoms with Gasteiger partial charge in [0.15, 0.2) is 0 Å². The van der Waals surface area contributed by atoms with Crippen LogP contribution in [0.15, 0.2) is 72.9 Å². The Hall–Kier alpha value is -3.60. The van der Waals surface area contributed by atoms with Crippen molar-refractivity contribution in [2.24, 2.45) is 0 Å². The maximum absolute atomic E-state index is 13.0. The van der Waals surface area contributed by atoms with Crippen molar-refractivity contribution in [3.05, 3.63) is 95.2 Å². The van der Waals surface area contributed by atoms with Crippen LogP contribution in [0.2, 0.25) is 0 Å². The summed E-state index contributed by atoms with van der Waals surface area (Å²) in [7, 11) is 1.66. The van der Waals surface area contributed by atoms with Crippen LogP contribution in [0.5, 0.6) is 5.75 Å². The summed E-state index contributed by atoms with van der Waals surface area (Å²) in [5.41, 5.74) is 5.02. The van der Waals surface area contributed by atoms with E-state index >= 15 is 0 Å². The van der Waals surface area contributed by atoms with Gasteiger partial charge in [0.1, 0.15) is 5.75 Å². The van der Waals surface area contributed by atoms with Crippen LogP contribution in [0.3, 0.4) is 0 Å². The van der Waals surface area contributed by atoms with E-state index in [1.54, 1.807) is 7.11 Å². The number of hydrogen-bond acceptors (Lipinski definition) is 3. The standard InChI is InChI=1S/C27H29N3O2/c1-18(2)21-8-10-22(11-9-21)19(3)29-27(31)23-12-13-24-16-28-30(26(24)15-23)17-20-6-5-7-25(14-20)32-4/h5-16,18-19H,17H2,1-4H3,(H,29,31). The fraction of sp³-hybridized carbons (Fsp3) is 0.259. The van der Waals surface area contributed by atoms with E-state index in [1.807, 2.05) is 60.3 Å². The maximum atomic E-state index is 13.0. The predicted molar refractivity (Wildman–Crippen MR) is 128 cm³/mol. The summed E-state index contributed by atoms with van der Waals surface area (Å²) in [5, 5.41) is 8.64. The molecule has 4 rings (SSSR count). The fourth-order valence-electron chi connectivity index (χ4n) is 3.81. The van der Waals surface area contributed by atoms with Crippen LogP contribution in [-0.4, -0.2) is 22.8 Å². The first kappa shape index (κ1) is 21.6. The molecule has 0 radical (unpaired) electrons. The third kappa shape index (κ3) is 4.67. The third-order valence-electron chi connectivity index (χ3n) is 5.82.